The maximum absolute atomic E-state index is 10.6. The molecule has 174 valence electrons. The Hall–Kier alpha value is -1.20. The molecule has 0 atom stereocenters. The van der Waals surface area contributed by atoms with Crippen molar-refractivity contribution in [1.29, 1.82) is 0 Å². The first-order valence-electron chi connectivity index (χ1n) is 7.22. The van der Waals surface area contributed by atoms with Gasteiger partial charge in [0.15, 0.2) is 0 Å². The molecule has 1 aliphatic carbocycles. The number of hydrogen-bond donors (Lipinski definition) is 2. The van der Waals surface area contributed by atoms with E-state index >= 15 is 0 Å². The third kappa shape index (κ3) is 17.4. The molecule has 0 spiro atoms. The largest absolute Gasteiger partial charge is 0.490 e. The first-order chi connectivity index (χ1) is 12.2. The summed E-state index contributed by atoms with van der Waals surface area (Å²) < 4.78 is 73.0. The second kappa shape index (κ2) is 14.7. The Morgan fingerprint density at radius 3 is 0.862 bits per heavy atom. The molecule has 0 fully saturated rings. The SMILES string of the molecule is CS(C)=O.C[C]1C(C)=C(C)C(C)=C1C.O=C(O)C(F)(F)F.O=C(O)C(F)(F)F.[Ir]. The quantitative estimate of drug-likeness (QED) is 0.383. The molecule has 0 unspecified atom stereocenters. The maximum Gasteiger partial charge on any atom is 0.490 e. The number of hydrogen-bond acceptors (Lipinski definition) is 3. The molecule has 0 aromatic rings. The number of carbonyl (C=O) groups is 2. The van der Waals surface area contributed by atoms with Gasteiger partial charge in [0.2, 0.25) is 0 Å². The summed E-state index contributed by atoms with van der Waals surface area (Å²) in [5, 5.41) is 14.2. The molecule has 13 heteroatoms. The average molecular weight is 634 g/mol. The van der Waals surface area contributed by atoms with Gasteiger partial charge in [-0.2, -0.15) is 26.3 Å². The molecule has 0 bridgehead atoms. The van der Waals surface area contributed by atoms with Crippen molar-refractivity contribution in [3.05, 3.63) is 28.2 Å². The van der Waals surface area contributed by atoms with Crippen molar-refractivity contribution < 1.29 is 70.5 Å². The summed E-state index contributed by atoms with van der Waals surface area (Å²) in [7, 11) is -0.611. The number of aliphatic carboxylic acids is 2. The molecule has 0 aliphatic heterocycles. The van der Waals surface area contributed by atoms with Gasteiger partial charge in [0.05, 0.1) is 0 Å². The molecule has 0 saturated carbocycles. The van der Waals surface area contributed by atoms with Crippen molar-refractivity contribution in [2.24, 2.45) is 0 Å². The smallest absolute Gasteiger partial charge is 0.475 e. The fraction of sp³-hybridized carbons (Fsp3) is 0.562. The van der Waals surface area contributed by atoms with Crippen LogP contribution in [0.1, 0.15) is 34.6 Å². The van der Waals surface area contributed by atoms with Crippen molar-refractivity contribution in [3.63, 3.8) is 0 Å². The van der Waals surface area contributed by atoms with Gasteiger partial charge in [-0.1, -0.05) is 18.1 Å². The molecule has 0 aromatic carbocycles. The van der Waals surface area contributed by atoms with Crippen molar-refractivity contribution in [3.8, 4) is 0 Å². The van der Waals surface area contributed by atoms with Gasteiger partial charge >= 0.3 is 24.3 Å². The van der Waals surface area contributed by atoms with E-state index in [9.17, 15) is 30.6 Å². The minimum absolute atomic E-state index is 0. The van der Waals surface area contributed by atoms with Gasteiger partial charge < -0.3 is 10.2 Å². The van der Waals surface area contributed by atoms with Crippen molar-refractivity contribution in [2.75, 3.05) is 12.5 Å². The summed E-state index contributed by atoms with van der Waals surface area (Å²) in [4.78, 5) is 17.8. The van der Waals surface area contributed by atoms with Gasteiger partial charge in [0.1, 0.15) is 0 Å². The Labute approximate surface area is 181 Å². The van der Waals surface area contributed by atoms with Gasteiger partial charge in [-0.15, -0.1) is 0 Å². The second-order valence-corrected chi connectivity index (χ2v) is 6.96. The van der Waals surface area contributed by atoms with E-state index in [0.717, 1.165) is 0 Å². The Bertz CT molecular complexity index is 587. The molecule has 0 amide bonds. The van der Waals surface area contributed by atoms with Crippen molar-refractivity contribution in [2.45, 2.75) is 47.0 Å². The van der Waals surface area contributed by atoms with E-state index in [-0.39, 0.29) is 20.1 Å². The Balaban J connectivity index is -0.000000149. The third-order valence-electron chi connectivity index (χ3n) is 3.30. The maximum atomic E-state index is 10.6. The number of carboxylic acid groups (broad SMARTS) is 2. The summed E-state index contributed by atoms with van der Waals surface area (Å²) in [6.07, 6.45) is -6.89. The van der Waals surface area contributed by atoms with E-state index in [1.165, 1.54) is 28.2 Å². The van der Waals surface area contributed by atoms with E-state index in [2.05, 4.69) is 34.6 Å². The summed E-state index contributed by atoms with van der Waals surface area (Å²) >= 11 is 0. The van der Waals surface area contributed by atoms with Gasteiger partial charge in [-0.05, 0) is 38.8 Å². The van der Waals surface area contributed by atoms with E-state index in [4.69, 9.17) is 19.8 Å². The van der Waals surface area contributed by atoms with Gasteiger partial charge in [-0.25, -0.2) is 9.59 Å². The first kappa shape index (κ1) is 35.2. The van der Waals surface area contributed by atoms with Crippen LogP contribution in [0.5, 0.6) is 0 Å². The van der Waals surface area contributed by atoms with Gasteiger partial charge in [0.25, 0.3) is 0 Å². The first-order valence-corrected chi connectivity index (χ1v) is 9.19. The molecular weight excluding hydrogens is 610 g/mol. The van der Waals surface area contributed by atoms with Crippen LogP contribution >= 0.6 is 0 Å². The van der Waals surface area contributed by atoms with Crippen LogP contribution in [0.25, 0.3) is 0 Å². The molecule has 0 aromatic heterocycles. The number of halogens is 6. The molecular formula is C16H23F6IrO5S. The molecule has 1 rings (SSSR count). The zero-order valence-electron chi connectivity index (χ0n) is 16.6. The average Bonchev–Trinajstić information content (AvgIpc) is 2.64. The normalized spacial score (nSPS) is 14.0. The predicted octanol–water partition coefficient (Wildman–Crippen LogP) is 4.53. The van der Waals surface area contributed by atoms with Crippen LogP contribution in [0.15, 0.2) is 22.3 Å². The second-order valence-electron chi connectivity index (χ2n) is 5.47. The zero-order chi connectivity index (χ0) is 23.6. The minimum atomic E-state index is -5.08. The topological polar surface area (TPSA) is 91.7 Å². The molecule has 1 aliphatic rings. The fourth-order valence-corrected chi connectivity index (χ4v) is 1.41. The molecule has 5 nitrogen and oxygen atoms in total. The van der Waals surface area contributed by atoms with Gasteiger partial charge in [-0.3, -0.25) is 4.21 Å². The Morgan fingerprint density at radius 1 is 0.690 bits per heavy atom. The third-order valence-corrected chi connectivity index (χ3v) is 3.30. The van der Waals surface area contributed by atoms with E-state index in [0.29, 0.717) is 0 Å². The standard InChI is InChI=1S/C10H15.2C2HF3O2.C2H6OS.Ir/c1-6-7(2)9(4)10(5)8(6)3;2*3-2(4,5)1(6)7;1-4(2)3;/h1-5H3;2*(H,6,7);1-2H3;. The van der Waals surface area contributed by atoms with Gasteiger partial charge in [0, 0.05) is 49.3 Å². The molecule has 0 saturated heterocycles. The summed E-state index contributed by atoms with van der Waals surface area (Å²) in [5.74, 6) is -4.05. The van der Waals surface area contributed by atoms with Crippen LogP contribution < -0.4 is 0 Å². The van der Waals surface area contributed by atoms with Crippen LogP contribution in [0, 0.1) is 5.92 Å². The van der Waals surface area contributed by atoms with Crippen molar-refractivity contribution >= 4 is 22.7 Å². The molecule has 2 radical (unpaired) electrons. The van der Waals surface area contributed by atoms with Crippen molar-refractivity contribution in [1.82, 2.24) is 0 Å². The molecule has 29 heavy (non-hydrogen) atoms. The number of rotatable bonds is 0. The van der Waals surface area contributed by atoms with E-state index in [1.54, 1.807) is 12.5 Å². The minimum Gasteiger partial charge on any atom is -0.475 e. The van der Waals surface area contributed by atoms with Crippen LogP contribution in [0.4, 0.5) is 26.3 Å². The molecule has 2 N–H and O–H groups in total. The zero-order valence-corrected chi connectivity index (χ0v) is 19.8. The summed E-state index contributed by atoms with van der Waals surface area (Å²) in [6, 6.07) is 0. The number of allylic oxidation sites excluding steroid dienone is 4. The number of carboxylic acids is 2. The Morgan fingerprint density at radius 2 is 0.828 bits per heavy atom. The summed E-state index contributed by atoms with van der Waals surface area (Å²) in [6.45, 7) is 11.0. The van der Waals surface area contributed by atoms with Crippen LogP contribution in [-0.4, -0.2) is 51.2 Å². The molecule has 0 heterocycles. The number of alkyl halides is 6. The monoisotopic (exact) mass is 634 g/mol. The van der Waals surface area contributed by atoms with E-state index in [1.807, 2.05) is 0 Å². The van der Waals surface area contributed by atoms with Crippen LogP contribution in [-0.2, 0) is 40.5 Å². The van der Waals surface area contributed by atoms with Crippen LogP contribution in [0.3, 0.4) is 0 Å². The predicted molar refractivity (Wildman–Crippen MR) is 93.0 cm³/mol. The van der Waals surface area contributed by atoms with Crippen LogP contribution in [0.2, 0.25) is 0 Å². The van der Waals surface area contributed by atoms with E-state index < -0.39 is 35.1 Å². The fourth-order valence-electron chi connectivity index (χ4n) is 1.41. The summed E-state index contributed by atoms with van der Waals surface area (Å²) in [5.41, 5.74) is 5.87. The Kier molecular flexibility index (Phi) is 17.9.